The van der Waals surface area contributed by atoms with Crippen LogP contribution in [0.3, 0.4) is 0 Å². The molecule has 0 radical (unpaired) electrons. The maximum Gasteiger partial charge on any atom is 0.203 e. The summed E-state index contributed by atoms with van der Waals surface area (Å²) in [4.78, 5) is 4.08. The van der Waals surface area contributed by atoms with Gasteiger partial charge in [0.2, 0.25) is 5.95 Å². The van der Waals surface area contributed by atoms with Crippen LogP contribution in [0.25, 0.3) is 0 Å². The van der Waals surface area contributed by atoms with Crippen LogP contribution in [-0.4, -0.2) is 16.6 Å². The van der Waals surface area contributed by atoms with Crippen LogP contribution in [0.4, 0.5) is 5.95 Å². The maximum absolute atomic E-state index is 5.88. The van der Waals surface area contributed by atoms with Gasteiger partial charge in [-0.3, -0.25) is 4.57 Å². The number of halogens is 1. The van der Waals surface area contributed by atoms with Crippen LogP contribution >= 0.6 is 11.6 Å². The second-order valence-corrected chi connectivity index (χ2v) is 3.01. The first-order chi connectivity index (χ1) is 5.16. The SMILES string of the molecule is CNc1ncc(Cl)n1C(C)C. The summed E-state index contributed by atoms with van der Waals surface area (Å²) in [6.07, 6.45) is 1.65. The average Bonchev–Trinajstić information content (AvgIpc) is 2.30. The van der Waals surface area contributed by atoms with E-state index >= 15 is 0 Å². The number of imidazole rings is 1. The van der Waals surface area contributed by atoms with Gasteiger partial charge in [-0.15, -0.1) is 0 Å². The van der Waals surface area contributed by atoms with E-state index in [0.717, 1.165) is 5.95 Å². The summed E-state index contributed by atoms with van der Waals surface area (Å²) in [5, 5.41) is 3.64. The second kappa shape index (κ2) is 3.13. The number of hydrogen-bond donors (Lipinski definition) is 1. The van der Waals surface area contributed by atoms with Crippen molar-refractivity contribution in [3.63, 3.8) is 0 Å². The molecule has 0 amide bonds. The summed E-state index contributed by atoms with van der Waals surface area (Å²) in [6.45, 7) is 4.13. The molecule has 1 aromatic rings. The van der Waals surface area contributed by atoms with E-state index in [2.05, 4.69) is 24.1 Å². The molecule has 0 aliphatic rings. The molecule has 0 unspecified atom stereocenters. The Morgan fingerprint density at radius 3 is 2.64 bits per heavy atom. The summed E-state index contributed by atoms with van der Waals surface area (Å²) in [5.41, 5.74) is 0. The molecular weight excluding hydrogens is 162 g/mol. The minimum absolute atomic E-state index is 0.340. The third-order valence-corrected chi connectivity index (χ3v) is 1.77. The van der Waals surface area contributed by atoms with Crippen LogP contribution in [0.1, 0.15) is 19.9 Å². The van der Waals surface area contributed by atoms with Crippen LogP contribution in [0.15, 0.2) is 6.20 Å². The number of anilines is 1. The van der Waals surface area contributed by atoms with E-state index in [1.807, 2.05) is 11.6 Å². The molecule has 1 heterocycles. The fourth-order valence-electron chi connectivity index (χ4n) is 1.02. The monoisotopic (exact) mass is 173 g/mol. The zero-order valence-corrected chi connectivity index (χ0v) is 7.68. The van der Waals surface area contributed by atoms with Crippen LogP contribution in [0, 0.1) is 0 Å². The molecule has 0 saturated heterocycles. The van der Waals surface area contributed by atoms with Crippen molar-refractivity contribution in [3.05, 3.63) is 11.3 Å². The fraction of sp³-hybridized carbons (Fsp3) is 0.571. The van der Waals surface area contributed by atoms with E-state index in [-0.39, 0.29) is 0 Å². The smallest absolute Gasteiger partial charge is 0.203 e. The number of nitrogens with one attached hydrogen (secondary N) is 1. The lowest BCUT2D eigenvalue weighted by Gasteiger charge is -2.11. The largest absolute Gasteiger partial charge is 0.359 e. The number of aromatic nitrogens is 2. The summed E-state index contributed by atoms with van der Waals surface area (Å²) in [5.74, 6) is 0.810. The van der Waals surface area contributed by atoms with Crippen LogP contribution in [-0.2, 0) is 0 Å². The van der Waals surface area contributed by atoms with Gasteiger partial charge in [-0.2, -0.15) is 0 Å². The molecule has 0 aliphatic heterocycles. The van der Waals surface area contributed by atoms with E-state index in [1.165, 1.54) is 0 Å². The van der Waals surface area contributed by atoms with Gasteiger partial charge < -0.3 is 5.32 Å². The lowest BCUT2D eigenvalue weighted by molar-refractivity contribution is 0.607. The molecule has 1 aromatic heterocycles. The van der Waals surface area contributed by atoms with Gasteiger partial charge in [-0.25, -0.2) is 4.98 Å². The normalized spacial score (nSPS) is 10.6. The predicted octanol–water partition coefficient (Wildman–Crippen LogP) is 2.16. The molecular formula is C7H12ClN3. The van der Waals surface area contributed by atoms with E-state index in [0.29, 0.717) is 11.2 Å². The van der Waals surface area contributed by atoms with Crippen molar-refractivity contribution >= 4 is 17.5 Å². The Kier molecular flexibility index (Phi) is 2.39. The van der Waals surface area contributed by atoms with Gasteiger partial charge in [0, 0.05) is 13.1 Å². The van der Waals surface area contributed by atoms with E-state index in [9.17, 15) is 0 Å². The van der Waals surface area contributed by atoms with Crippen molar-refractivity contribution in [2.75, 3.05) is 12.4 Å². The van der Waals surface area contributed by atoms with E-state index in [1.54, 1.807) is 6.20 Å². The molecule has 0 fully saturated rings. The molecule has 0 bridgehead atoms. The highest BCUT2D eigenvalue weighted by Gasteiger charge is 2.08. The molecule has 1 rings (SSSR count). The third-order valence-electron chi connectivity index (χ3n) is 1.49. The molecule has 1 N–H and O–H groups in total. The Morgan fingerprint density at radius 1 is 1.64 bits per heavy atom. The first-order valence-electron chi connectivity index (χ1n) is 3.57. The number of hydrogen-bond acceptors (Lipinski definition) is 2. The van der Waals surface area contributed by atoms with Gasteiger partial charge in [-0.05, 0) is 13.8 Å². The Hall–Kier alpha value is -0.700. The van der Waals surface area contributed by atoms with E-state index in [4.69, 9.17) is 11.6 Å². The molecule has 0 saturated carbocycles. The van der Waals surface area contributed by atoms with Gasteiger partial charge in [0.25, 0.3) is 0 Å². The predicted molar refractivity (Wildman–Crippen MR) is 47.2 cm³/mol. The molecule has 62 valence electrons. The minimum atomic E-state index is 0.340. The highest BCUT2D eigenvalue weighted by atomic mass is 35.5. The molecule has 4 heteroatoms. The van der Waals surface area contributed by atoms with Gasteiger partial charge in [0.05, 0.1) is 6.20 Å². The van der Waals surface area contributed by atoms with Crippen LogP contribution in [0.5, 0.6) is 0 Å². The summed E-state index contributed by atoms with van der Waals surface area (Å²) in [7, 11) is 1.83. The van der Waals surface area contributed by atoms with Gasteiger partial charge in [0.15, 0.2) is 0 Å². The Bertz CT molecular complexity index is 242. The Morgan fingerprint density at radius 2 is 2.27 bits per heavy atom. The Labute approximate surface area is 71.4 Å². The van der Waals surface area contributed by atoms with Crippen molar-refractivity contribution in [1.82, 2.24) is 9.55 Å². The molecule has 0 spiro atoms. The van der Waals surface area contributed by atoms with E-state index < -0.39 is 0 Å². The third kappa shape index (κ3) is 1.48. The summed E-state index contributed by atoms with van der Waals surface area (Å²) in [6, 6.07) is 0.340. The topological polar surface area (TPSA) is 29.9 Å². The lowest BCUT2D eigenvalue weighted by Crippen LogP contribution is -2.05. The van der Waals surface area contributed by atoms with Gasteiger partial charge >= 0.3 is 0 Å². The molecule has 0 atom stereocenters. The highest BCUT2D eigenvalue weighted by molar-refractivity contribution is 6.29. The number of rotatable bonds is 2. The van der Waals surface area contributed by atoms with Crippen LogP contribution < -0.4 is 5.32 Å². The zero-order valence-electron chi connectivity index (χ0n) is 6.93. The summed E-state index contributed by atoms with van der Waals surface area (Å²) < 4.78 is 1.93. The molecule has 0 aliphatic carbocycles. The quantitative estimate of drug-likeness (QED) is 0.743. The average molecular weight is 174 g/mol. The van der Waals surface area contributed by atoms with Crippen molar-refractivity contribution < 1.29 is 0 Å². The van der Waals surface area contributed by atoms with Crippen molar-refractivity contribution in [2.24, 2.45) is 0 Å². The highest BCUT2D eigenvalue weighted by Crippen LogP contribution is 2.20. The summed E-state index contributed by atoms with van der Waals surface area (Å²) >= 11 is 5.88. The zero-order chi connectivity index (χ0) is 8.43. The first kappa shape index (κ1) is 8.40. The van der Waals surface area contributed by atoms with Crippen molar-refractivity contribution in [2.45, 2.75) is 19.9 Å². The maximum atomic E-state index is 5.88. The Balaban J connectivity index is 3.07. The minimum Gasteiger partial charge on any atom is -0.359 e. The van der Waals surface area contributed by atoms with Crippen molar-refractivity contribution in [3.8, 4) is 0 Å². The number of nitrogens with zero attached hydrogens (tertiary/aromatic N) is 2. The van der Waals surface area contributed by atoms with Gasteiger partial charge in [0.1, 0.15) is 5.15 Å². The standard InChI is InChI=1S/C7H12ClN3/c1-5(2)11-6(8)4-10-7(11)9-3/h4-5H,1-3H3,(H,9,10). The van der Waals surface area contributed by atoms with Crippen molar-refractivity contribution in [1.29, 1.82) is 0 Å². The fourth-order valence-corrected chi connectivity index (χ4v) is 1.34. The molecule has 3 nitrogen and oxygen atoms in total. The second-order valence-electron chi connectivity index (χ2n) is 2.62. The lowest BCUT2D eigenvalue weighted by atomic mass is 10.4. The van der Waals surface area contributed by atoms with Gasteiger partial charge in [-0.1, -0.05) is 11.6 Å². The van der Waals surface area contributed by atoms with Crippen LogP contribution in [0.2, 0.25) is 5.15 Å². The molecule has 11 heavy (non-hydrogen) atoms. The molecule has 0 aromatic carbocycles. The first-order valence-corrected chi connectivity index (χ1v) is 3.95.